The van der Waals surface area contributed by atoms with Crippen LogP contribution in [0, 0.1) is 0 Å². The van der Waals surface area contributed by atoms with Gasteiger partial charge in [0.2, 0.25) is 5.84 Å². The number of rotatable bonds is 6. The third kappa shape index (κ3) is 4.85. The highest BCUT2D eigenvalue weighted by Crippen LogP contribution is 2.25. The molecule has 4 rings (SSSR count). The van der Waals surface area contributed by atoms with Crippen LogP contribution in [0.3, 0.4) is 0 Å². The highest BCUT2D eigenvalue weighted by atomic mass is 32.2. The van der Waals surface area contributed by atoms with E-state index < -0.39 is 22.0 Å². The van der Waals surface area contributed by atoms with Gasteiger partial charge in [-0.05, 0) is 43.3 Å². The van der Waals surface area contributed by atoms with Crippen molar-refractivity contribution >= 4 is 44.7 Å². The predicted molar refractivity (Wildman–Crippen MR) is 126 cm³/mol. The number of amidine groups is 1. The third-order valence-electron chi connectivity index (χ3n) is 4.82. The van der Waals surface area contributed by atoms with Gasteiger partial charge in [-0.15, -0.1) is 0 Å². The maximum absolute atomic E-state index is 13.0. The average molecular weight is 464 g/mol. The lowest BCUT2D eigenvalue weighted by molar-refractivity contribution is -0.120. The first-order valence-corrected chi connectivity index (χ1v) is 11.6. The Kier molecular flexibility index (Phi) is 6.09. The summed E-state index contributed by atoms with van der Waals surface area (Å²) in [5, 5.41) is 3.93. The number of benzene rings is 3. The summed E-state index contributed by atoms with van der Waals surface area (Å²) in [5.41, 5.74) is 3.74. The normalized spacial score (nSPS) is 15.9. The summed E-state index contributed by atoms with van der Waals surface area (Å²) in [6.07, 6.45) is 0. The Morgan fingerprint density at radius 1 is 0.909 bits per heavy atom. The number of hydrazine groups is 1. The minimum Gasteiger partial charge on any atom is -0.317 e. The van der Waals surface area contributed by atoms with Crippen LogP contribution in [-0.2, 0) is 19.6 Å². The van der Waals surface area contributed by atoms with E-state index in [1.54, 1.807) is 67.6 Å². The standard InChI is InChI=1S/C23H21N5O4S/c1-16-23(30)28(17-10-4-2-5-11-17)26-21(24-16)22(29)25-19-14-8-9-15-20(19)27-33(31,32)18-12-6-3-7-13-18/h2-16,27H,1H3,(H,24,26)(H,25,29). The smallest absolute Gasteiger partial charge is 0.292 e. The van der Waals surface area contributed by atoms with Gasteiger partial charge in [-0.25, -0.2) is 18.4 Å². The van der Waals surface area contributed by atoms with Crippen LogP contribution in [0.4, 0.5) is 17.1 Å². The van der Waals surface area contributed by atoms with Crippen molar-refractivity contribution in [2.45, 2.75) is 17.9 Å². The summed E-state index contributed by atoms with van der Waals surface area (Å²) in [5.74, 6) is -1.01. The number of para-hydroxylation sites is 3. The van der Waals surface area contributed by atoms with Crippen molar-refractivity contribution in [3.05, 3.63) is 84.9 Å². The maximum Gasteiger partial charge on any atom is 0.292 e. The van der Waals surface area contributed by atoms with Crippen molar-refractivity contribution in [3.63, 3.8) is 0 Å². The van der Waals surface area contributed by atoms with Gasteiger partial charge in [-0.3, -0.25) is 19.7 Å². The molecule has 0 aromatic heterocycles. The molecule has 0 saturated carbocycles. The van der Waals surface area contributed by atoms with Crippen LogP contribution in [0.2, 0.25) is 0 Å². The molecular weight excluding hydrogens is 442 g/mol. The molecule has 0 saturated heterocycles. The highest BCUT2D eigenvalue weighted by molar-refractivity contribution is 7.92. The number of carbonyl (C=O) groups is 2. The predicted octanol–water partition coefficient (Wildman–Crippen LogP) is 2.76. The molecule has 0 bridgehead atoms. The van der Waals surface area contributed by atoms with Gasteiger partial charge < -0.3 is 5.32 Å². The SMILES string of the molecule is CC1N=C(C(=O)Nc2ccccc2NS(=O)(=O)c2ccccc2)NN(c2ccccc2)C1=O. The van der Waals surface area contributed by atoms with Crippen molar-refractivity contribution in [2.24, 2.45) is 4.99 Å². The molecule has 2 amide bonds. The minimum absolute atomic E-state index is 0.0772. The van der Waals surface area contributed by atoms with Crippen molar-refractivity contribution in [2.75, 3.05) is 15.0 Å². The molecule has 0 fully saturated rings. The first kappa shape index (κ1) is 22.0. The van der Waals surface area contributed by atoms with Gasteiger partial charge in [-0.2, -0.15) is 0 Å². The average Bonchev–Trinajstić information content (AvgIpc) is 2.83. The number of hydrogen-bond donors (Lipinski definition) is 3. The lowest BCUT2D eigenvalue weighted by Gasteiger charge is -2.30. The quantitative estimate of drug-likeness (QED) is 0.519. The number of amides is 2. The number of carbonyl (C=O) groups excluding carboxylic acids is 2. The third-order valence-corrected chi connectivity index (χ3v) is 6.20. The molecule has 1 aliphatic heterocycles. The Balaban J connectivity index is 1.56. The van der Waals surface area contributed by atoms with Crippen molar-refractivity contribution in [1.29, 1.82) is 0 Å². The minimum atomic E-state index is -3.86. The van der Waals surface area contributed by atoms with Crippen molar-refractivity contribution in [1.82, 2.24) is 5.43 Å². The molecular formula is C23H21N5O4S. The first-order chi connectivity index (χ1) is 15.8. The molecule has 1 atom stereocenters. The van der Waals surface area contributed by atoms with Crippen molar-refractivity contribution < 1.29 is 18.0 Å². The van der Waals surface area contributed by atoms with Gasteiger partial charge in [0.15, 0.2) is 0 Å². The zero-order valence-corrected chi connectivity index (χ0v) is 18.4. The fourth-order valence-corrected chi connectivity index (χ4v) is 4.27. The van der Waals surface area contributed by atoms with Crippen LogP contribution < -0.4 is 20.5 Å². The topological polar surface area (TPSA) is 120 Å². The molecule has 0 spiro atoms. The molecule has 0 radical (unpaired) electrons. The number of nitrogens with one attached hydrogen (secondary N) is 3. The molecule has 3 N–H and O–H groups in total. The molecule has 3 aromatic rings. The largest absolute Gasteiger partial charge is 0.317 e. The van der Waals surface area contributed by atoms with Gasteiger partial charge in [0.1, 0.15) is 6.04 Å². The van der Waals surface area contributed by atoms with Crippen LogP contribution in [0.15, 0.2) is 94.8 Å². The second-order valence-electron chi connectivity index (χ2n) is 7.19. The highest BCUT2D eigenvalue weighted by Gasteiger charge is 2.31. The fourth-order valence-electron chi connectivity index (χ4n) is 3.17. The zero-order chi connectivity index (χ0) is 23.4. The van der Waals surface area contributed by atoms with E-state index >= 15 is 0 Å². The van der Waals surface area contributed by atoms with E-state index in [0.717, 1.165) is 0 Å². The van der Waals surface area contributed by atoms with E-state index in [-0.39, 0.29) is 28.0 Å². The fraction of sp³-hybridized carbons (Fsp3) is 0.0870. The number of anilines is 3. The number of nitrogens with zero attached hydrogens (tertiary/aromatic N) is 2. The lowest BCUT2D eigenvalue weighted by Crippen LogP contribution is -2.57. The Bertz CT molecular complexity index is 1310. The Morgan fingerprint density at radius 2 is 1.48 bits per heavy atom. The summed E-state index contributed by atoms with van der Waals surface area (Å²) in [6, 6.07) is 22.4. The van der Waals surface area contributed by atoms with Gasteiger partial charge >= 0.3 is 0 Å². The van der Waals surface area contributed by atoms with Crippen molar-refractivity contribution in [3.8, 4) is 0 Å². The van der Waals surface area contributed by atoms with E-state index in [2.05, 4.69) is 20.5 Å². The molecule has 33 heavy (non-hydrogen) atoms. The van der Waals surface area contributed by atoms with E-state index in [0.29, 0.717) is 5.69 Å². The lowest BCUT2D eigenvalue weighted by atomic mass is 10.2. The molecule has 9 nitrogen and oxygen atoms in total. The second kappa shape index (κ2) is 9.13. The summed E-state index contributed by atoms with van der Waals surface area (Å²) >= 11 is 0. The Hall–Kier alpha value is -4.18. The molecule has 3 aromatic carbocycles. The van der Waals surface area contributed by atoms with Crippen LogP contribution >= 0.6 is 0 Å². The second-order valence-corrected chi connectivity index (χ2v) is 8.88. The van der Waals surface area contributed by atoms with E-state index in [4.69, 9.17) is 0 Å². The first-order valence-electron chi connectivity index (χ1n) is 10.1. The van der Waals surface area contributed by atoms with Gasteiger partial charge in [0, 0.05) is 0 Å². The molecule has 1 unspecified atom stereocenters. The van der Waals surface area contributed by atoms with E-state index in [1.807, 2.05) is 6.07 Å². The van der Waals surface area contributed by atoms with Gasteiger partial charge in [0.05, 0.1) is 22.0 Å². The summed E-state index contributed by atoms with van der Waals surface area (Å²) < 4.78 is 27.9. The molecule has 1 aliphatic rings. The molecule has 168 valence electrons. The Labute approximate surface area is 191 Å². The van der Waals surface area contributed by atoms with Gasteiger partial charge in [-0.1, -0.05) is 48.5 Å². The number of hydrogen-bond acceptors (Lipinski definition) is 6. The van der Waals surface area contributed by atoms with Gasteiger partial charge in [0.25, 0.3) is 21.8 Å². The Morgan fingerprint density at radius 3 is 2.15 bits per heavy atom. The molecule has 1 heterocycles. The van der Waals surface area contributed by atoms with Crippen LogP contribution in [0.1, 0.15) is 6.92 Å². The number of aliphatic imine (C=N–C) groups is 1. The number of sulfonamides is 1. The van der Waals surface area contributed by atoms with Crippen LogP contribution in [0.25, 0.3) is 0 Å². The van der Waals surface area contributed by atoms with Crippen LogP contribution in [0.5, 0.6) is 0 Å². The zero-order valence-electron chi connectivity index (χ0n) is 17.6. The molecule has 0 aliphatic carbocycles. The maximum atomic E-state index is 13.0. The summed E-state index contributed by atoms with van der Waals surface area (Å²) in [4.78, 5) is 29.8. The van der Waals surface area contributed by atoms with E-state index in [1.165, 1.54) is 23.2 Å². The summed E-state index contributed by atoms with van der Waals surface area (Å²) in [6.45, 7) is 1.59. The van der Waals surface area contributed by atoms with Crippen LogP contribution in [-0.4, -0.2) is 32.1 Å². The van der Waals surface area contributed by atoms with E-state index in [9.17, 15) is 18.0 Å². The summed E-state index contributed by atoms with van der Waals surface area (Å²) in [7, 11) is -3.86. The molecule has 10 heteroatoms. The monoisotopic (exact) mass is 463 g/mol.